The summed E-state index contributed by atoms with van der Waals surface area (Å²) in [7, 11) is -3.96. The monoisotopic (exact) mass is 516 g/mol. The normalized spacial score (nSPS) is 12.2. The molecular formula is C25H25ClN2O6S. The number of hydrogen-bond donors (Lipinski definition) is 4. The topological polar surface area (TPSA) is 133 Å². The number of carbonyl (C=O) groups is 2. The summed E-state index contributed by atoms with van der Waals surface area (Å²) in [6, 6.07) is 16.9. The molecule has 0 heterocycles. The van der Waals surface area contributed by atoms with E-state index in [1.165, 1.54) is 31.2 Å². The van der Waals surface area contributed by atoms with Crippen molar-refractivity contribution in [3.63, 3.8) is 0 Å². The van der Waals surface area contributed by atoms with E-state index < -0.39 is 27.8 Å². The van der Waals surface area contributed by atoms with E-state index in [1.54, 1.807) is 36.4 Å². The maximum atomic E-state index is 13.0. The largest absolute Gasteiger partial charge is 0.478 e. The minimum absolute atomic E-state index is 0.0206. The molecule has 8 nitrogen and oxygen atoms in total. The van der Waals surface area contributed by atoms with E-state index in [9.17, 15) is 28.2 Å². The van der Waals surface area contributed by atoms with E-state index in [0.717, 1.165) is 17.2 Å². The third kappa shape index (κ3) is 6.89. The zero-order valence-corrected chi connectivity index (χ0v) is 20.4. The molecule has 1 atom stereocenters. The first-order valence-corrected chi connectivity index (χ1v) is 12.6. The lowest BCUT2D eigenvalue weighted by Gasteiger charge is -2.13. The van der Waals surface area contributed by atoms with Crippen molar-refractivity contribution >= 4 is 39.0 Å². The van der Waals surface area contributed by atoms with Crippen LogP contribution in [0.5, 0.6) is 0 Å². The average Bonchev–Trinajstić information content (AvgIpc) is 2.81. The Labute approximate surface area is 208 Å². The summed E-state index contributed by atoms with van der Waals surface area (Å²) in [6.45, 7) is 2.14. The second-order valence-corrected chi connectivity index (χ2v) is 10.3. The lowest BCUT2D eigenvalue weighted by atomic mass is 10.1. The second-order valence-electron chi connectivity index (χ2n) is 7.87. The number of aliphatic hydroxyl groups is 1. The molecule has 1 amide bonds. The highest BCUT2D eigenvalue weighted by Gasteiger charge is 2.21. The van der Waals surface area contributed by atoms with Crippen LogP contribution in [0.15, 0.2) is 76.5 Å². The van der Waals surface area contributed by atoms with Crippen molar-refractivity contribution in [3.8, 4) is 0 Å². The van der Waals surface area contributed by atoms with Crippen LogP contribution in [0.25, 0.3) is 0 Å². The van der Waals surface area contributed by atoms with Crippen LogP contribution in [-0.2, 0) is 21.1 Å². The third-order valence-corrected chi connectivity index (χ3v) is 7.24. The van der Waals surface area contributed by atoms with Crippen LogP contribution in [0.1, 0.15) is 34.5 Å². The van der Waals surface area contributed by atoms with Gasteiger partial charge in [-0.1, -0.05) is 35.9 Å². The Morgan fingerprint density at radius 3 is 2.31 bits per heavy atom. The quantitative estimate of drug-likeness (QED) is 0.302. The van der Waals surface area contributed by atoms with Gasteiger partial charge in [0.25, 0.3) is 0 Å². The first kappa shape index (κ1) is 26.4. The summed E-state index contributed by atoms with van der Waals surface area (Å²) in [5.74, 6) is -1.82. The molecule has 0 aliphatic rings. The number of rotatable bonds is 10. The van der Waals surface area contributed by atoms with Gasteiger partial charge in [0.15, 0.2) is 0 Å². The highest BCUT2D eigenvalue weighted by molar-refractivity contribution is 7.91. The van der Waals surface area contributed by atoms with Gasteiger partial charge in [-0.3, -0.25) is 4.79 Å². The number of aliphatic hydroxyl groups excluding tert-OH is 1. The van der Waals surface area contributed by atoms with Gasteiger partial charge in [0.2, 0.25) is 15.7 Å². The van der Waals surface area contributed by atoms with Crippen LogP contribution in [0.2, 0.25) is 5.02 Å². The summed E-state index contributed by atoms with van der Waals surface area (Å²) < 4.78 is 26.0. The van der Waals surface area contributed by atoms with Gasteiger partial charge in [-0.25, -0.2) is 13.2 Å². The molecule has 3 aromatic rings. The fourth-order valence-electron chi connectivity index (χ4n) is 3.44. The van der Waals surface area contributed by atoms with Gasteiger partial charge >= 0.3 is 5.97 Å². The number of nitrogens with one attached hydrogen (secondary N) is 2. The van der Waals surface area contributed by atoms with E-state index in [2.05, 4.69) is 10.6 Å². The number of sulfone groups is 1. The molecule has 3 aromatic carbocycles. The number of carbonyl (C=O) groups excluding carboxylic acids is 1. The van der Waals surface area contributed by atoms with E-state index in [0.29, 0.717) is 24.5 Å². The molecule has 0 bridgehead atoms. The standard InChI is InChI=1S/C25H25ClN2O6S/c1-16(29)28-23-10-9-21(14-22(23)25(31)32)35(33,34)20-7-5-17(6-8-20)11-12-27-15-24(30)18-3-2-4-19(26)13-18/h2-10,13-14,24,27,30H,11-12,15H2,1H3,(H,28,29)(H,31,32)/t24-/m1/s1. The first-order valence-electron chi connectivity index (χ1n) is 10.7. The molecule has 184 valence electrons. The van der Waals surface area contributed by atoms with E-state index in [1.807, 2.05) is 0 Å². The van der Waals surface area contributed by atoms with Crippen molar-refractivity contribution in [3.05, 3.63) is 88.4 Å². The summed E-state index contributed by atoms with van der Waals surface area (Å²) in [6.07, 6.45) is -0.0917. The van der Waals surface area contributed by atoms with Crippen LogP contribution >= 0.6 is 11.6 Å². The van der Waals surface area contributed by atoms with Crippen molar-refractivity contribution in [1.29, 1.82) is 0 Å². The Bertz CT molecular complexity index is 1330. The molecule has 35 heavy (non-hydrogen) atoms. The van der Waals surface area contributed by atoms with Crippen LogP contribution in [0.4, 0.5) is 5.69 Å². The molecule has 0 radical (unpaired) electrons. The molecular weight excluding hydrogens is 492 g/mol. The number of carboxylic acids is 1. The average molecular weight is 517 g/mol. The number of benzene rings is 3. The highest BCUT2D eigenvalue weighted by Crippen LogP contribution is 2.26. The van der Waals surface area contributed by atoms with Gasteiger partial charge < -0.3 is 20.8 Å². The van der Waals surface area contributed by atoms with E-state index in [4.69, 9.17) is 11.6 Å². The molecule has 0 unspecified atom stereocenters. The molecule has 3 rings (SSSR count). The Morgan fingerprint density at radius 2 is 1.69 bits per heavy atom. The summed E-state index contributed by atoms with van der Waals surface area (Å²) >= 11 is 5.95. The summed E-state index contributed by atoms with van der Waals surface area (Å²) in [5.41, 5.74) is 1.31. The fraction of sp³-hybridized carbons (Fsp3) is 0.200. The number of amides is 1. The van der Waals surface area contributed by atoms with Gasteiger partial charge in [0, 0.05) is 18.5 Å². The van der Waals surface area contributed by atoms with E-state index in [-0.39, 0.29) is 21.0 Å². The van der Waals surface area contributed by atoms with Crippen LogP contribution in [0.3, 0.4) is 0 Å². The molecule has 0 aliphatic carbocycles. The van der Waals surface area contributed by atoms with Gasteiger partial charge in [-0.05, 0) is 66.6 Å². The van der Waals surface area contributed by atoms with Crippen LogP contribution in [-0.4, -0.2) is 43.6 Å². The smallest absolute Gasteiger partial charge is 0.337 e. The SMILES string of the molecule is CC(=O)Nc1ccc(S(=O)(=O)c2ccc(CCNC[C@@H](O)c3cccc(Cl)c3)cc2)cc1C(=O)O. The van der Waals surface area contributed by atoms with Crippen molar-refractivity contribution in [2.75, 3.05) is 18.4 Å². The Morgan fingerprint density at radius 1 is 1.00 bits per heavy atom. The molecule has 0 spiro atoms. The molecule has 10 heteroatoms. The molecule has 0 fully saturated rings. The van der Waals surface area contributed by atoms with Gasteiger partial charge in [-0.2, -0.15) is 0 Å². The second kappa shape index (κ2) is 11.5. The zero-order valence-electron chi connectivity index (χ0n) is 18.9. The number of hydrogen-bond acceptors (Lipinski definition) is 6. The summed E-state index contributed by atoms with van der Waals surface area (Å²) in [5, 5.41) is 25.8. The predicted molar refractivity (Wildman–Crippen MR) is 133 cm³/mol. The van der Waals surface area contributed by atoms with Gasteiger partial charge in [-0.15, -0.1) is 0 Å². The molecule has 0 aromatic heterocycles. The first-order chi connectivity index (χ1) is 16.6. The van der Waals surface area contributed by atoms with Crippen molar-refractivity contribution in [2.24, 2.45) is 0 Å². The van der Waals surface area contributed by atoms with Gasteiger partial charge in [0.05, 0.1) is 27.1 Å². The Hall–Kier alpha value is -3.24. The lowest BCUT2D eigenvalue weighted by Crippen LogP contribution is -2.23. The number of carboxylic acid groups (broad SMARTS) is 1. The van der Waals surface area contributed by atoms with Crippen LogP contribution < -0.4 is 10.6 Å². The molecule has 0 saturated carbocycles. The van der Waals surface area contributed by atoms with Crippen molar-refractivity contribution < 1.29 is 28.2 Å². The minimum atomic E-state index is -3.96. The summed E-state index contributed by atoms with van der Waals surface area (Å²) in [4.78, 5) is 22.7. The van der Waals surface area contributed by atoms with Crippen LogP contribution in [0, 0.1) is 0 Å². The predicted octanol–water partition coefficient (Wildman–Crippen LogP) is 3.70. The lowest BCUT2D eigenvalue weighted by molar-refractivity contribution is -0.114. The zero-order chi connectivity index (χ0) is 25.6. The molecule has 0 saturated heterocycles. The van der Waals surface area contributed by atoms with E-state index >= 15 is 0 Å². The fourth-order valence-corrected chi connectivity index (χ4v) is 4.93. The third-order valence-electron chi connectivity index (χ3n) is 5.24. The highest BCUT2D eigenvalue weighted by atomic mass is 35.5. The maximum Gasteiger partial charge on any atom is 0.337 e. The number of aromatic carboxylic acids is 1. The Kier molecular flexibility index (Phi) is 8.63. The number of halogens is 1. The van der Waals surface area contributed by atoms with Gasteiger partial charge in [0.1, 0.15) is 0 Å². The van der Waals surface area contributed by atoms with Crippen molar-refractivity contribution in [2.45, 2.75) is 29.2 Å². The van der Waals surface area contributed by atoms with Crippen molar-refractivity contribution in [1.82, 2.24) is 5.32 Å². The Balaban J connectivity index is 1.64. The molecule has 0 aliphatic heterocycles. The molecule has 4 N–H and O–H groups in total. The minimum Gasteiger partial charge on any atom is -0.478 e. The maximum absolute atomic E-state index is 13.0. The number of anilines is 1.